The summed E-state index contributed by atoms with van der Waals surface area (Å²) in [7, 11) is 1.85. The first kappa shape index (κ1) is 13.6. The summed E-state index contributed by atoms with van der Waals surface area (Å²) in [5, 5.41) is 0. The van der Waals surface area contributed by atoms with Crippen LogP contribution in [0.5, 0.6) is 0 Å². The smallest absolute Gasteiger partial charge is 0.307 e. The Bertz CT molecular complexity index is 368. The van der Waals surface area contributed by atoms with Gasteiger partial charge in [-0.3, -0.25) is 4.79 Å². The van der Waals surface area contributed by atoms with Gasteiger partial charge in [-0.1, -0.05) is 18.2 Å². The van der Waals surface area contributed by atoms with Gasteiger partial charge in [0.05, 0.1) is 13.0 Å². The van der Waals surface area contributed by atoms with Crippen molar-refractivity contribution in [1.82, 2.24) is 4.90 Å². The molecule has 0 aliphatic rings. The lowest BCUT2D eigenvalue weighted by Gasteiger charge is -2.16. The molecule has 0 aliphatic carbocycles. The Morgan fingerprint density at radius 3 is 2.76 bits per heavy atom. The van der Waals surface area contributed by atoms with E-state index in [9.17, 15) is 9.18 Å². The molecule has 0 saturated heterocycles. The number of halogens is 1. The van der Waals surface area contributed by atoms with Crippen LogP contribution < -0.4 is 0 Å². The highest BCUT2D eigenvalue weighted by Gasteiger charge is 2.07. The molecule has 1 aromatic carbocycles. The van der Waals surface area contributed by atoms with Gasteiger partial charge in [-0.15, -0.1) is 0 Å². The molecule has 0 radical (unpaired) electrons. The SMILES string of the molecule is CCOC(=O)CCN(C)Cc1ccccc1F. The molecule has 0 spiro atoms. The molecule has 1 rings (SSSR count). The number of hydrogen-bond donors (Lipinski definition) is 0. The topological polar surface area (TPSA) is 29.5 Å². The van der Waals surface area contributed by atoms with Crippen molar-refractivity contribution in [3.05, 3.63) is 35.6 Å². The Labute approximate surface area is 101 Å². The van der Waals surface area contributed by atoms with Gasteiger partial charge >= 0.3 is 5.97 Å². The van der Waals surface area contributed by atoms with Crippen molar-refractivity contribution in [2.75, 3.05) is 20.2 Å². The third-order valence-electron chi connectivity index (χ3n) is 2.40. The molecule has 0 fully saturated rings. The predicted molar refractivity (Wildman–Crippen MR) is 64.0 cm³/mol. The van der Waals surface area contributed by atoms with Gasteiger partial charge in [0, 0.05) is 18.7 Å². The van der Waals surface area contributed by atoms with Crippen molar-refractivity contribution in [2.45, 2.75) is 19.9 Å². The Kier molecular flexibility index (Phi) is 5.63. The largest absolute Gasteiger partial charge is 0.466 e. The normalized spacial score (nSPS) is 10.6. The van der Waals surface area contributed by atoms with Crippen LogP contribution in [-0.2, 0) is 16.1 Å². The number of ether oxygens (including phenoxy) is 1. The monoisotopic (exact) mass is 239 g/mol. The average molecular weight is 239 g/mol. The average Bonchev–Trinajstić information content (AvgIpc) is 2.30. The van der Waals surface area contributed by atoms with E-state index in [0.29, 0.717) is 31.7 Å². The van der Waals surface area contributed by atoms with Crippen LogP contribution in [0.25, 0.3) is 0 Å². The summed E-state index contributed by atoms with van der Waals surface area (Å²) in [6.45, 7) is 3.23. The van der Waals surface area contributed by atoms with Crippen LogP contribution >= 0.6 is 0 Å². The molecular formula is C13H18FNO2. The number of rotatable bonds is 6. The molecule has 94 valence electrons. The second kappa shape index (κ2) is 7.01. The molecule has 0 amide bonds. The molecule has 1 aromatic rings. The number of carbonyl (C=O) groups excluding carboxylic acids is 1. The Hall–Kier alpha value is -1.42. The number of benzene rings is 1. The summed E-state index contributed by atoms with van der Waals surface area (Å²) in [6.07, 6.45) is 0.332. The number of carbonyl (C=O) groups is 1. The van der Waals surface area contributed by atoms with E-state index >= 15 is 0 Å². The molecule has 0 unspecified atom stereocenters. The second-order valence-electron chi connectivity index (χ2n) is 3.88. The lowest BCUT2D eigenvalue weighted by atomic mass is 10.2. The van der Waals surface area contributed by atoms with Gasteiger partial charge < -0.3 is 9.64 Å². The molecule has 17 heavy (non-hydrogen) atoms. The summed E-state index contributed by atoms with van der Waals surface area (Å²) in [5.41, 5.74) is 0.638. The van der Waals surface area contributed by atoms with Gasteiger partial charge in [-0.25, -0.2) is 4.39 Å². The Morgan fingerprint density at radius 1 is 1.41 bits per heavy atom. The maximum Gasteiger partial charge on any atom is 0.307 e. The van der Waals surface area contributed by atoms with Gasteiger partial charge in [-0.05, 0) is 20.0 Å². The first-order valence-corrected chi connectivity index (χ1v) is 5.71. The van der Waals surface area contributed by atoms with Crippen molar-refractivity contribution in [1.29, 1.82) is 0 Å². The molecule has 0 aliphatic heterocycles. The highest BCUT2D eigenvalue weighted by Crippen LogP contribution is 2.08. The molecule has 0 heterocycles. The van der Waals surface area contributed by atoms with E-state index in [1.807, 2.05) is 11.9 Å². The zero-order valence-electron chi connectivity index (χ0n) is 10.3. The number of esters is 1. The highest BCUT2D eigenvalue weighted by atomic mass is 19.1. The molecule has 0 atom stereocenters. The van der Waals surface area contributed by atoms with E-state index in [1.54, 1.807) is 25.1 Å². The van der Waals surface area contributed by atoms with Crippen LogP contribution in [0.3, 0.4) is 0 Å². The first-order chi connectivity index (χ1) is 8.13. The van der Waals surface area contributed by atoms with E-state index in [1.165, 1.54) is 6.07 Å². The Balaban J connectivity index is 2.37. The third kappa shape index (κ3) is 4.95. The van der Waals surface area contributed by atoms with Crippen LogP contribution in [0, 0.1) is 5.82 Å². The van der Waals surface area contributed by atoms with Crippen LogP contribution in [0.2, 0.25) is 0 Å². The van der Waals surface area contributed by atoms with E-state index in [2.05, 4.69) is 0 Å². The third-order valence-corrected chi connectivity index (χ3v) is 2.40. The summed E-state index contributed by atoms with van der Waals surface area (Å²) >= 11 is 0. The quantitative estimate of drug-likeness (QED) is 0.713. The van der Waals surface area contributed by atoms with E-state index in [-0.39, 0.29) is 11.8 Å². The molecule has 0 N–H and O–H groups in total. The van der Waals surface area contributed by atoms with Gasteiger partial charge in [0.25, 0.3) is 0 Å². The zero-order chi connectivity index (χ0) is 12.7. The fourth-order valence-electron chi connectivity index (χ4n) is 1.51. The zero-order valence-corrected chi connectivity index (χ0v) is 10.3. The molecule has 0 aromatic heterocycles. The minimum absolute atomic E-state index is 0.213. The van der Waals surface area contributed by atoms with Crippen molar-refractivity contribution >= 4 is 5.97 Å². The van der Waals surface area contributed by atoms with Gasteiger partial charge in [0.1, 0.15) is 5.82 Å². The van der Waals surface area contributed by atoms with Gasteiger partial charge in [0.2, 0.25) is 0 Å². The van der Waals surface area contributed by atoms with Gasteiger partial charge in [0.15, 0.2) is 0 Å². The second-order valence-corrected chi connectivity index (χ2v) is 3.88. The van der Waals surface area contributed by atoms with E-state index in [4.69, 9.17) is 4.74 Å². The molecule has 0 saturated carbocycles. The van der Waals surface area contributed by atoms with Crippen LogP contribution in [-0.4, -0.2) is 31.1 Å². The standard InChI is InChI=1S/C13H18FNO2/c1-3-17-13(16)8-9-15(2)10-11-6-4-5-7-12(11)14/h4-7H,3,8-10H2,1-2H3. The van der Waals surface area contributed by atoms with E-state index < -0.39 is 0 Å². The summed E-state index contributed by atoms with van der Waals surface area (Å²) < 4.78 is 18.2. The molecule has 3 nitrogen and oxygen atoms in total. The van der Waals surface area contributed by atoms with Crippen molar-refractivity contribution in [3.8, 4) is 0 Å². The molecular weight excluding hydrogens is 221 g/mol. The van der Waals surface area contributed by atoms with Crippen molar-refractivity contribution in [2.24, 2.45) is 0 Å². The fraction of sp³-hybridized carbons (Fsp3) is 0.462. The number of hydrogen-bond acceptors (Lipinski definition) is 3. The Morgan fingerprint density at radius 2 is 2.12 bits per heavy atom. The van der Waals surface area contributed by atoms with Crippen LogP contribution in [0.4, 0.5) is 4.39 Å². The predicted octanol–water partition coefficient (Wildman–Crippen LogP) is 2.21. The van der Waals surface area contributed by atoms with Crippen LogP contribution in [0.15, 0.2) is 24.3 Å². The van der Waals surface area contributed by atoms with Gasteiger partial charge in [-0.2, -0.15) is 0 Å². The molecule has 0 bridgehead atoms. The summed E-state index contributed by atoms with van der Waals surface area (Å²) in [5.74, 6) is -0.427. The van der Waals surface area contributed by atoms with E-state index in [0.717, 1.165) is 0 Å². The number of nitrogens with zero attached hydrogens (tertiary/aromatic N) is 1. The highest BCUT2D eigenvalue weighted by molar-refractivity contribution is 5.69. The summed E-state index contributed by atoms with van der Waals surface area (Å²) in [6, 6.07) is 6.65. The van der Waals surface area contributed by atoms with Crippen LogP contribution in [0.1, 0.15) is 18.9 Å². The molecule has 4 heteroatoms. The lowest BCUT2D eigenvalue weighted by Crippen LogP contribution is -2.22. The van der Waals surface area contributed by atoms with Crippen molar-refractivity contribution in [3.63, 3.8) is 0 Å². The van der Waals surface area contributed by atoms with Crippen molar-refractivity contribution < 1.29 is 13.9 Å². The maximum absolute atomic E-state index is 13.4. The minimum atomic E-state index is -0.215. The minimum Gasteiger partial charge on any atom is -0.466 e. The fourth-order valence-corrected chi connectivity index (χ4v) is 1.51. The lowest BCUT2D eigenvalue weighted by molar-refractivity contribution is -0.143. The summed E-state index contributed by atoms with van der Waals surface area (Å²) in [4.78, 5) is 13.0. The maximum atomic E-state index is 13.4. The first-order valence-electron chi connectivity index (χ1n) is 5.71.